The summed E-state index contributed by atoms with van der Waals surface area (Å²) in [7, 11) is 0. The Morgan fingerprint density at radius 2 is 2.04 bits per heavy atom. The van der Waals surface area contributed by atoms with Gasteiger partial charge in [-0.25, -0.2) is 0 Å². The lowest BCUT2D eigenvalue weighted by Gasteiger charge is -2.31. The van der Waals surface area contributed by atoms with Gasteiger partial charge in [0.2, 0.25) is 5.91 Å². The van der Waals surface area contributed by atoms with Gasteiger partial charge in [-0.05, 0) is 31.9 Å². The van der Waals surface area contributed by atoms with E-state index in [2.05, 4.69) is 10.1 Å². The van der Waals surface area contributed by atoms with Crippen molar-refractivity contribution in [2.45, 2.75) is 57.4 Å². The molecule has 1 unspecified atom stereocenters. The van der Waals surface area contributed by atoms with Crippen molar-refractivity contribution in [3.8, 4) is 17.2 Å². The summed E-state index contributed by atoms with van der Waals surface area (Å²) in [6, 6.07) is 8.05. The lowest BCUT2D eigenvalue weighted by atomic mass is 9.94. The molecule has 0 radical (unpaired) electrons. The van der Waals surface area contributed by atoms with Gasteiger partial charge in [-0.3, -0.25) is 4.79 Å². The van der Waals surface area contributed by atoms with E-state index in [1.54, 1.807) is 0 Å². The highest BCUT2D eigenvalue weighted by molar-refractivity contribution is 5.80. The van der Waals surface area contributed by atoms with Crippen molar-refractivity contribution in [3.05, 3.63) is 30.1 Å². The van der Waals surface area contributed by atoms with Gasteiger partial charge in [0, 0.05) is 24.9 Å². The largest absolute Gasteiger partial charge is 0.493 e. The molecule has 0 spiro atoms. The van der Waals surface area contributed by atoms with Crippen molar-refractivity contribution < 1.29 is 14.1 Å². The smallest absolute Gasteiger partial charge is 0.261 e. The van der Waals surface area contributed by atoms with Crippen molar-refractivity contribution >= 4 is 5.91 Å². The number of rotatable bonds is 5. The van der Waals surface area contributed by atoms with E-state index in [9.17, 15) is 4.79 Å². The molecule has 2 heterocycles. The number of ether oxygens (including phenoxy) is 1. The molecular weight excluding hydrogens is 330 g/mol. The third-order valence-corrected chi connectivity index (χ3v) is 5.40. The third kappa shape index (κ3) is 3.32. The van der Waals surface area contributed by atoms with E-state index in [1.807, 2.05) is 36.1 Å². The molecule has 0 N–H and O–H groups in total. The molecule has 1 atom stereocenters. The Morgan fingerprint density at radius 1 is 1.23 bits per heavy atom. The molecule has 2 fully saturated rings. The third-order valence-electron chi connectivity index (χ3n) is 5.40. The van der Waals surface area contributed by atoms with Gasteiger partial charge in [-0.15, -0.1) is 0 Å². The summed E-state index contributed by atoms with van der Waals surface area (Å²) in [5.74, 6) is 2.05. The topological polar surface area (TPSA) is 68.5 Å². The first kappa shape index (κ1) is 17.1. The van der Waals surface area contributed by atoms with Crippen molar-refractivity contribution in [1.82, 2.24) is 15.0 Å². The lowest BCUT2D eigenvalue weighted by molar-refractivity contribution is -0.130. The molecule has 6 nitrogen and oxygen atoms in total. The van der Waals surface area contributed by atoms with Crippen LogP contribution in [0.3, 0.4) is 0 Å². The number of carbonyl (C=O) groups excluding carboxylic acids is 1. The van der Waals surface area contributed by atoms with Gasteiger partial charge >= 0.3 is 0 Å². The summed E-state index contributed by atoms with van der Waals surface area (Å²) >= 11 is 0. The molecular formula is C20H25N3O3. The zero-order chi connectivity index (χ0) is 17.9. The maximum Gasteiger partial charge on any atom is 0.261 e. The zero-order valence-corrected chi connectivity index (χ0v) is 15.2. The highest BCUT2D eigenvalue weighted by Gasteiger charge is 2.37. The molecule has 1 aliphatic carbocycles. The number of nitrogens with zero attached hydrogens (tertiary/aromatic N) is 3. The average molecular weight is 355 g/mol. The first-order chi connectivity index (χ1) is 12.8. The van der Waals surface area contributed by atoms with Crippen LogP contribution in [0.15, 0.2) is 28.8 Å². The maximum atomic E-state index is 12.5. The first-order valence-electron chi connectivity index (χ1n) is 9.61. The summed E-state index contributed by atoms with van der Waals surface area (Å²) in [4.78, 5) is 19.1. The number of hydrogen-bond donors (Lipinski definition) is 0. The molecule has 6 heteroatoms. The Labute approximate surface area is 153 Å². The Kier molecular flexibility index (Phi) is 4.91. The molecule has 1 aromatic carbocycles. The minimum absolute atomic E-state index is 0.0150. The van der Waals surface area contributed by atoms with Crippen LogP contribution < -0.4 is 4.74 Å². The van der Waals surface area contributed by atoms with Crippen LogP contribution in [-0.2, 0) is 4.79 Å². The fourth-order valence-electron chi connectivity index (χ4n) is 4.08. The van der Waals surface area contributed by atoms with Crippen molar-refractivity contribution in [3.63, 3.8) is 0 Å². The van der Waals surface area contributed by atoms with Gasteiger partial charge in [-0.1, -0.05) is 36.6 Å². The zero-order valence-electron chi connectivity index (χ0n) is 15.2. The predicted octanol–water partition coefficient (Wildman–Crippen LogP) is 3.78. The van der Waals surface area contributed by atoms with E-state index in [1.165, 1.54) is 19.3 Å². The minimum atomic E-state index is 0.0150. The molecule has 2 aromatic rings. The minimum Gasteiger partial charge on any atom is -0.493 e. The quantitative estimate of drug-likeness (QED) is 0.816. The molecule has 1 saturated carbocycles. The SMILES string of the molecule is CCOc1ccccc1-c1nc(C2CC(=O)N(C3CCCCC3)C2)no1. The maximum absolute atomic E-state index is 12.5. The van der Waals surface area contributed by atoms with Crippen LogP contribution >= 0.6 is 0 Å². The van der Waals surface area contributed by atoms with E-state index >= 15 is 0 Å². The molecule has 1 amide bonds. The Bertz CT molecular complexity index is 767. The number of amides is 1. The average Bonchev–Trinajstić information content (AvgIpc) is 3.30. The molecule has 0 bridgehead atoms. The van der Waals surface area contributed by atoms with Crippen molar-refractivity contribution in [2.75, 3.05) is 13.2 Å². The van der Waals surface area contributed by atoms with Crippen LogP contribution in [0.2, 0.25) is 0 Å². The van der Waals surface area contributed by atoms with E-state index in [0.29, 0.717) is 37.3 Å². The van der Waals surface area contributed by atoms with Crippen LogP contribution in [-0.4, -0.2) is 40.1 Å². The van der Waals surface area contributed by atoms with Crippen LogP contribution in [0, 0.1) is 0 Å². The van der Waals surface area contributed by atoms with Crippen molar-refractivity contribution in [1.29, 1.82) is 0 Å². The number of likely N-dealkylation sites (tertiary alicyclic amines) is 1. The summed E-state index contributed by atoms with van der Waals surface area (Å²) in [6.45, 7) is 3.22. The highest BCUT2D eigenvalue weighted by atomic mass is 16.5. The van der Waals surface area contributed by atoms with E-state index < -0.39 is 0 Å². The highest BCUT2D eigenvalue weighted by Crippen LogP contribution is 2.34. The first-order valence-corrected chi connectivity index (χ1v) is 9.61. The Hall–Kier alpha value is -2.37. The Morgan fingerprint density at radius 3 is 2.85 bits per heavy atom. The van der Waals surface area contributed by atoms with E-state index in [-0.39, 0.29) is 11.8 Å². The lowest BCUT2D eigenvalue weighted by Crippen LogP contribution is -2.37. The van der Waals surface area contributed by atoms with Gasteiger partial charge in [0.25, 0.3) is 5.89 Å². The number of carbonyl (C=O) groups is 1. The van der Waals surface area contributed by atoms with Crippen molar-refractivity contribution in [2.24, 2.45) is 0 Å². The predicted molar refractivity (Wildman–Crippen MR) is 96.8 cm³/mol. The normalized spacial score (nSPS) is 21.3. The molecule has 138 valence electrons. The van der Waals surface area contributed by atoms with Gasteiger partial charge in [-0.2, -0.15) is 4.98 Å². The van der Waals surface area contributed by atoms with Gasteiger partial charge in [0.15, 0.2) is 5.82 Å². The fraction of sp³-hybridized carbons (Fsp3) is 0.550. The van der Waals surface area contributed by atoms with Gasteiger partial charge in [0.05, 0.1) is 12.2 Å². The van der Waals surface area contributed by atoms with Gasteiger partial charge in [0.1, 0.15) is 5.75 Å². The van der Waals surface area contributed by atoms with Gasteiger partial charge < -0.3 is 14.2 Å². The Balaban J connectivity index is 1.51. The number of aromatic nitrogens is 2. The van der Waals surface area contributed by atoms with Crippen LogP contribution in [0.1, 0.15) is 57.2 Å². The van der Waals surface area contributed by atoms with E-state index in [0.717, 1.165) is 24.2 Å². The molecule has 2 aliphatic rings. The number of benzene rings is 1. The number of para-hydroxylation sites is 1. The summed E-state index contributed by atoms with van der Waals surface area (Å²) in [5.41, 5.74) is 0.793. The van der Waals surface area contributed by atoms with E-state index in [4.69, 9.17) is 9.26 Å². The monoisotopic (exact) mass is 355 g/mol. The molecule has 1 aliphatic heterocycles. The van der Waals surface area contributed by atoms with Crippen LogP contribution in [0.25, 0.3) is 11.5 Å². The summed E-state index contributed by atoms with van der Waals surface area (Å²) in [5, 5.41) is 4.17. The second-order valence-corrected chi connectivity index (χ2v) is 7.13. The molecule has 1 saturated heterocycles. The molecule has 26 heavy (non-hydrogen) atoms. The summed E-state index contributed by atoms with van der Waals surface area (Å²) in [6.07, 6.45) is 6.45. The number of hydrogen-bond acceptors (Lipinski definition) is 5. The van der Waals surface area contributed by atoms with Crippen LogP contribution in [0.4, 0.5) is 0 Å². The fourth-order valence-corrected chi connectivity index (χ4v) is 4.08. The summed E-state index contributed by atoms with van der Waals surface area (Å²) < 4.78 is 11.1. The van der Waals surface area contributed by atoms with Crippen LogP contribution in [0.5, 0.6) is 5.75 Å². The second kappa shape index (κ2) is 7.48. The second-order valence-electron chi connectivity index (χ2n) is 7.13. The molecule has 4 rings (SSSR count). The standard InChI is InChI=1S/C20H25N3O3/c1-2-25-17-11-7-6-10-16(17)20-21-19(22-26-20)14-12-18(24)23(13-14)15-8-4-3-5-9-15/h6-7,10-11,14-15H,2-5,8-9,12-13H2,1H3. The molecule has 1 aromatic heterocycles.